The maximum atomic E-state index is 14.2. The second-order valence-corrected chi connectivity index (χ2v) is 15.2. The van der Waals surface area contributed by atoms with Crippen molar-refractivity contribution < 1.29 is 36.2 Å². The third-order valence-corrected chi connectivity index (χ3v) is 9.49. The summed E-state index contributed by atoms with van der Waals surface area (Å²) >= 11 is 0. The first-order valence-corrected chi connectivity index (χ1v) is 17.0. The van der Waals surface area contributed by atoms with Crippen LogP contribution in [0.3, 0.4) is 0 Å². The van der Waals surface area contributed by atoms with Crippen LogP contribution in [0.2, 0.25) is 0 Å². The van der Waals surface area contributed by atoms with Crippen LogP contribution in [0.15, 0.2) is 47.5 Å². The topological polar surface area (TPSA) is 58.5 Å². The predicted octanol–water partition coefficient (Wildman–Crippen LogP) is 9.98. The molecule has 6 nitrogen and oxygen atoms in total. The molecule has 10 heteroatoms. The number of rotatable bonds is 13. The molecule has 4 rings (SSSR count). The first kappa shape index (κ1) is 35.7. The van der Waals surface area contributed by atoms with E-state index in [0.717, 1.165) is 25.7 Å². The number of halogens is 3. The van der Waals surface area contributed by atoms with Crippen molar-refractivity contribution in [3.63, 3.8) is 0 Å². The third kappa shape index (κ3) is 10.9. The van der Waals surface area contributed by atoms with Crippen molar-refractivity contribution in [2.75, 3.05) is 19.8 Å². The van der Waals surface area contributed by atoms with Gasteiger partial charge < -0.3 is 23.0 Å². The van der Waals surface area contributed by atoms with E-state index in [1.807, 2.05) is 41.5 Å². The first-order chi connectivity index (χ1) is 21.0. The smallest absolute Gasteiger partial charge is 0.419 e. The zero-order valence-electron chi connectivity index (χ0n) is 27.8. The van der Waals surface area contributed by atoms with E-state index < -0.39 is 37.1 Å². The van der Waals surface area contributed by atoms with Gasteiger partial charge in [0.05, 0.1) is 30.0 Å². The van der Waals surface area contributed by atoms with Crippen LogP contribution in [-0.2, 0) is 37.3 Å². The fraction of sp³-hybridized carbons (Fsp3) is 0.629. The number of hydrogen-bond donors (Lipinski definition) is 0. The van der Waals surface area contributed by atoms with Gasteiger partial charge in [-0.05, 0) is 121 Å². The minimum atomic E-state index is -4.54. The Morgan fingerprint density at radius 1 is 1.00 bits per heavy atom. The van der Waals surface area contributed by atoms with Crippen molar-refractivity contribution in [1.82, 2.24) is 0 Å². The number of benzene rings is 2. The van der Waals surface area contributed by atoms with E-state index in [-0.39, 0.29) is 25.6 Å². The fourth-order valence-corrected chi connectivity index (χ4v) is 7.11. The number of ether oxygens (including phenoxy) is 2. The van der Waals surface area contributed by atoms with Gasteiger partial charge in [0.2, 0.25) is 0 Å². The lowest BCUT2D eigenvalue weighted by atomic mass is 9.80. The lowest BCUT2D eigenvalue weighted by Gasteiger charge is -2.32. The predicted molar refractivity (Wildman–Crippen MR) is 173 cm³/mol. The zero-order chi connectivity index (χ0) is 32.9. The Hall–Kier alpha value is -2.19. The lowest BCUT2D eigenvalue weighted by molar-refractivity contribution is -0.139. The normalized spacial score (nSPS) is 20.6. The van der Waals surface area contributed by atoms with E-state index in [4.69, 9.17) is 28.0 Å². The average molecular weight is 652 g/mol. The molecule has 2 unspecified atom stereocenters. The molecular formula is C35H49F3NO5P. The molecule has 2 aromatic carbocycles. The highest BCUT2D eigenvalue weighted by atomic mass is 31.2. The van der Waals surface area contributed by atoms with E-state index in [1.54, 1.807) is 13.0 Å². The summed E-state index contributed by atoms with van der Waals surface area (Å²) in [6, 6.07) is 12.8. The Kier molecular flexibility index (Phi) is 11.7. The minimum Gasteiger partial charge on any atom is -0.493 e. The molecule has 45 heavy (non-hydrogen) atoms. The lowest BCUT2D eigenvalue weighted by Crippen LogP contribution is -2.35. The van der Waals surface area contributed by atoms with Crippen LogP contribution in [-0.4, -0.2) is 42.5 Å². The molecule has 0 aromatic heterocycles. The van der Waals surface area contributed by atoms with Gasteiger partial charge >= 0.3 is 14.8 Å². The van der Waals surface area contributed by atoms with Gasteiger partial charge in [-0.25, -0.2) is 4.99 Å². The van der Waals surface area contributed by atoms with Gasteiger partial charge in [0.15, 0.2) is 5.90 Å². The highest BCUT2D eigenvalue weighted by molar-refractivity contribution is 7.41. The SMILES string of the molecule is CC1=NC(CCc2ccc(OCCCC3CCCc4ccccc43)c(C(F)(F)F)c2)(COP(OC(C)(C)C)OC(C)(C)C)CO1. The molecule has 1 aliphatic heterocycles. The van der Waals surface area contributed by atoms with Crippen LogP contribution in [0.4, 0.5) is 13.2 Å². The second kappa shape index (κ2) is 14.7. The summed E-state index contributed by atoms with van der Waals surface area (Å²) in [4.78, 5) is 4.71. The Balaban J connectivity index is 1.39. The van der Waals surface area contributed by atoms with Crippen LogP contribution in [0.1, 0.15) is 109 Å². The molecule has 0 spiro atoms. The second-order valence-electron chi connectivity index (χ2n) is 14.2. The van der Waals surface area contributed by atoms with Crippen LogP contribution in [0, 0.1) is 0 Å². The molecule has 2 aromatic rings. The van der Waals surface area contributed by atoms with Crippen molar-refractivity contribution >= 4 is 14.5 Å². The molecule has 0 bridgehead atoms. The van der Waals surface area contributed by atoms with E-state index in [2.05, 4.69) is 24.3 Å². The van der Waals surface area contributed by atoms with Crippen molar-refractivity contribution in [2.24, 2.45) is 4.99 Å². The van der Waals surface area contributed by atoms with Crippen molar-refractivity contribution in [3.8, 4) is 5.75 Å². The maximum absolute atomic E-state index is 14.2. The summed E-state index contributed by atoms with van der Waals surface area (Å²) in [6.07, 6.45) is 1.18. The summed E-state index contributed by atoms with van der Waals surface area (Å²) in [5.74, 6) is 0.824. The van der Waals surface area contributed by atoms with Gasteiger partial charge in [0, 0.05) is 6.92 Å². The van der Waals surface area contributed by atoms with Crippen molar-refractivity contribution in [2.45, 2.75) is 122 Å². The van der Waals surface area contributed by atoms with Gasteiger partial charge in [-0.2, -0.15) is 13.2 Å². The van der Waals surface area contributed by atoms with Crippen LogP contribution >= 0.6 is 8.60 Å². The Morgan fingerprint density at radius 3 is 2.36 bits per heavy atom. The fourth-order valence-electron chi connectivity index (χ4n) is 5.73. The number of hydrogen-bond acceptors (Lipinski definition) is 6. The monoisotopic (exact) mass is 651 g/mol. The van der Waals surface area contributed by atoms with Gasteiger partial charge in [0.1, 0.15) is 17.9 Å². The Bertz CT molecular complexity index is 1290. The molecule has 0 radical (unpaired) electrons. The molecule has 1 aliphatic carbocycles. The highest BCUT2D eigenvalue weighted by Crippen LogP contribution is 2.48. The highest BCUT2D eigenvalue weighted by Gasteiger charge is 2.39. The minimum absolute atomic E-state index is 0.129. The summed E-state index contributed by atoms with van der Waals surface area (Å²) in [5, 5.41) is 0. The summed E-state index contributed by atoms with van der Waals surface area (Å²) in [7, 11) is -1.70. The first-order valence-electron chi connectivity index (χ1n) is 15.9. The molecule has 2 atom stereocenters. The summed E-state index contributed by atoms with van der Waals surface area (Å²) in [6.45, 7) is 14.0. The molecule has 0 N–H and O–H groups in total. The average Bonchev–Trinajstić information content (AvgIpc) is 3.32. The standard InChI is InChI=1S/C35H49F3NO5P/c1-25-39-34(23-41-25,24-42-45(43-32(2,3)4)44-33(5,6)7)20-19-26-17-18-31(30(22-26)35(36,37)38)40-21-11-15-28-14-10-13-27-12-8-9-16-29(27)28/h8-9,12,16-18,22,28H,10-11,13-15,19-21,23-24H2,1-7H3. The van der Waals surface area contributed by atoms with Crippen LogP contribution in [0.25, 0.3) is 0 Å². The molecule has 0 amide bonds. The number of fused-ring (bicyclic) bond motifs is 1. The quantitative estimate of drug-likeness (QED) is 0.159. The molecule has 0 fully saturated rings. The Labute approximate surface area is 268 Å². The van der Waals surface area contributed by atoms with E-state index in [1.165, 1.54) is 23.3 Å². The van der Waals surface area contributed by atoms with Gasteiger partial charge in [-0.1, -0.05) is 30.3 Å². The van der Waals surface area contributed by atoms with Gasteiger partial charge in [-0.15, -0.1) is 0 Å². The number of aryl methyl sites for hydroxylation is 2. The number of nitrogens with zero attached hydrogens (tertiary/aromatic N) is 1. The largest absolute Gasteiger partial charge is 0.493 e. The van der Waals surface area contributed by atoms with E-state index in [9.17, 15) is 13.2 Å². The molecule has 250 valence electrons. The third-order valence-electron chi connectivity index (χ3n) is 7.76. The van der Waals surface area contributed by atoms with Crippen molar-refractivity contribution in [1.29, 1.82) is 0 Å². The molecular weight excluding hydrogens is 602 g/mol. The summed E-state index contributed by atoms with van der Waals surface area (Å²) < 4.78 is 72.3. The van der Waals surface area contributed by atoms with E-state index in [0.29, 0.717) is 36.6 Å². The molecule has 1 heterocycles. The number of aliphatic imine (C=N–C) groups is 1. The molecule has 2 aliphatic rings. The maximum Gasteiger partial charge on any atom is 0.419 e. The molecule has 0 saturated carbocycles. The number of alkyl halides is 3. The molecule has 0 saturated heterocycles. The van der Waals surface area contributed by atoms with Crippen molar-refractivity contribution in [3.05, 3.63) is 64.7 Å². The zero-order valence-corrected chi connectivity index (χ0v) is 28.7. The van der Waals surface area contributed by atoms with Crippen LogP contribution < -0.4 is 4.74 Å². The van der Waals surface area contributed by atoms with Gasteiger partial charge in [-0.3, -0.25) is 0 Å². The summed E-state index contributed by atoms with van der Waals surface area (Å²) in [5.41, 5.74) is 0.810. The Morgan fingerprint density at radius 2 is 1.71 bits per heavy atom. The van der Waals surface area contributed by atoms with Crippen LogP contribution in [0.5, 0.6) is 5.75 Å². The van der Waals surface area contributed by atoms with Gasteiger partial charge in [0.25, 0.3) is 0 Å². The van der Waals surface area contributed by atoms with E-state index >= 15 is 0 Å².